The van der Waals surface area contributed by atoms with Gasteiger partial charge in [0.05, 0.1) is 0 Å². The first-order chi connectivity index (χ1) is 9.20. The van der Waals surface area contributed by atoms with Crippen molar-refractivity contribution in [3.05, 3.63) is 65.7 Å². The predicted molar refractivity (Wildman–Crippen MR) is 81.3 cm³/mol. The summed E-state index contributed by atoms with van der Waals surface area (Å²) in [4.78, 5) is 0. The molecule has 3 nitrogen and oxygen atoms in total. The Morgan fingerprint density at radius 1 is 1.00 bits per heavy atom. The molecule has 0 aromatic heterocycles. The fraction of sp³-hybridized carbons (Fsp3) is 0.0667. The average molecular weight is 270 g/mol. The molecule has 0 saturated heterocycles. The summed E-state index contributed by atoms with van der Waals surface area (Å²) in [5, 5.41) is 0. The molecule has 19 heavy (non-hydrogen) atoms. The van der Waals surface area contributed by atoms with E-state index in [2.05, 4.69) is 0 Å². The highest BCUT2D eigenvalue weighted by atomic mass is 31.1. The Kier molecular flexibility index (Phi) is 4.32. The third-order valence-electron chi connectivity index (χ3n) is 2.77. The highest BCUT2D eigenvalue weighted by Crippen LogP contribution is 2.26. The molecule has 0 aliphatic heterocycles. The van der Waals surface area contributed by atoms with E-state index in [1.54, 1.807) is 0 Å². The smallest absolute Gasteiger partial charge is 0.159 e. The van der Waals surface area contributed by atoms with E-state index < -0.39 is 0 Å². The van der Waals surface area contributed by atoms with Gasteiger partial charge in [-0.05, 0) is 41.0 Å². The van der Waals surface area contributed by atoms with Crippen molar-refractivity contribution in [2.75, 3.05) is 17.6 Å². The highest BCUT2D eigenvalue weighted by molar-refractivity contribution is 7.23. The minimum atomic E-state index is 0.0924. The minimum Gasteiger partial charge on any atom is -0.399 e. The predicted octanol–water partition coefficient (Wildman–Crippen LogP) is 3.57. The Hall–Kier alpha value is -2.12. The second-order valence-corrected chi connectivity index (χ2v) is 4.80. The van der Waals surface area contributed by atoms with Crippen molar-refractivity contribution in [2.45, 2.75) is 0 Å². The zero-order chi connectivity index (χ0) is 13.7. The van der Waals surface area contributed by atoms with E-state index in [0.717, 1.165) is 16.7 Å². The van der Waals surface area contributed by atoms with Crippen LogP contribution in [-0.2, 0) is 4.57 Å². The van der Waals surface area contributed by atoms with E-state index >= 15 is 0 Å². The molecular weight excluding hydrogens is 255 g/mol. The van der Waals surface area contributed by atoms with Gasteiger partial charge in [0.15, 0.2) is 8.46 Å². The van der Waals surface area contributed by atoms with Crippen LogP contribution in [0, 0.1) is 0 Å². The first-order valence-electron chi connectivity index (χ1n) is 5.92. The van der Waals surface area contributed by atoms with E-state index in [9.17, 15) is 4.57 Å². The molecule has 2 aromatic carbocycles. The lowest BCUT2D eigenvalue weighted by Crippen LogP contribution is -1.93. The molecule has 2 aromatic rings. The summed E-state index contributed by atoms with van der Waals surface area (Å²) in [7, 11) is 0.0924. The molecule has 0 atom stereocenters. The first-order valence-corrected chi connectivity index (χ1v) is 6.91. The summed E-state index contributed by atoms with van der Waals surface area (Å²) in [5.74, 6) is 0. The highest BCUT2D eigenvalue weighted by Gasteiger charge is 2.05. The van der Waals surface area contributed by atoms with Gasteiger partial charge >= 0.3 is 0 Å². The molecule has 0 unspecified atom stereocenters. The lowest BCUT2D eigenvalue weighted by atomic mass is 9.97. The van der Waals surface area contributed by atoms with Gasteiger partial charge in [-0.25, -0.2) is 0 Å². The summed E-state index contributed by atoms with van der Waals surface area (Å²) >= 11 is 0. The number of anilines is 2. The van der Waals surface area contributed by atoms with Crippen LogP contribution < -0.4 is 11.5 Å². The maximum Gasteiger partial charge on any atom is 0.159 e. The largest absolute Gasteiger partial charge is 0.399 e. The first kappa shape index (κ1) is 13.3. The third-order valence-corrected chi connectivity index (χ3v) is 3.10. The number of allylic oxidation sites excluding steroid dienone is 1. The molecular formula is C15H15N2OP. The Morgan fingerprint density at radius 3 is 1.95 bits per heavy atom. The zero-order valence-electron chi connectivity index (χ0n) is 10.4. The van der Waals surface area contributed by atoms with Gasteiger partial charge < -0.3 is 11.5 Å². The molecule has 0 fully saturated rings. The fourth-order valence-electron chi connectivity index (χ4n) is 1.94. The van der Waals surface area contributed by atoms with Crippen molar-refractivity contribution in [2.24, 2.45) is 0 Å². The van der Waals surface area contributed by atoms with Gasteiger partial charge in [0.1, 0.15) is 0 Å². The van der Waals surface area contributed by atoms with Crippen molar-refractivity contribution in [3.8, 4) is 0 Å². The molecule has 0 heterocycles. The molecule has 0 aliphatic carbocycles. The molecule has 4 heteroatoms. The van der Waals surface area contributed by atoms with Crippen LogP contribution in [0.15, 0.2) is 54.6 Å². The topological polar surface area (TPSA) is 69.1 Å². The molecule has 0 aliphatic rings. The van der Waals surface area contributed by atoms with E-state index in [4.69, 9.17) is 11.5 Å². The van der Waals surface area contributed by atoms with Crippen LogP contribution in [0.4, 0.5) is 11.4 Å². The van der Waals surface area contributed by atoms with Crippen molar-refractivity contribution in [3.63, 3.8) is 0 Å². The lowest BCUT2D eigenvalue weighted by molar-refractivity contribution is 0.600. The quantitative estimate of drug-likeness (QED) is 0.659. The van der Waals surface area contributed by atoms with Gasteiger partial charge in [-0.1, -0.05) is 30.3 Å². The van der Waals surface area contributed by atoms with Crippen molar-refractivity contribution >= 4 is 25.4 Å². The molecule has 2 rings (SSSR count). The van der Waals surface area contributed by atoms with Crippen molar-refractivity contribution in [1.82, 2.24) is 0 Å². The molecule has 96 valence electrons. The van der Waals surface area contributed by atoms with Crippen LogP contribution in [0.3, 0.4) is 0 Å². The molecule has 0 spiro atoms. The van der Waals surface area contributed by atoms with E-state index in [0.29, 0.717) is 17.5 Å². The maximum atomic E-state index is 10.7. The average Bonchev–Trinajstić information content (AvgIpc) is 2.39. The summed E-state index contributed by atoms with van der Waals surface area (Å²) in [6, 6.07) is 15.2. The van der Waals surface area contributed by atoms with Gasteiger partial charge in [0.2, 0.25) is 0 Å². The van der Waals surface area contributed by atoms with Crippen LogP contribution in [0.25, 0.3) is 5.57 Å². The number of nitrogen functional groups attached to an aromatic ring is 2. The minimum absolute atomic E-state index is 0.0924. The van der Waals surface area contributed by atoms with Crippen molar-refractivity contribution < 1.29 is 4.57 Å². The normalized spacial score (nSPS) is 10.3. The van der Waals surface area contributed by atoms with Crippen molar-refractivity contribution in [1.29, 1.82) is 0 Å². The zero-order valence-corrected chi connectivity index (χ0v) is 11.3. The number of benzene rings is 2. The Bertz CT molecular complexity index is 576. The summed E-state index contributed by atoms with van der Waals surface area (Å²) < 4.78 is 10.7. The Balaban J connectivity index is 2.50. The van der Waals surface area contributed by atoms with Gasteiger partial charge in [-0.2, -0.15) is 0 Å². The van der Waals surface area contributed by atoms with E-state index in [1.165, 1.54) is 0 Å². The number of hydrogen-bond acceptors (Lipinski definition) is 3. The van der Waals surface area contributed by atoms with Crippen LogP contribution in [0.5, 0.6) is 0 Å². The molecule has 0 saturated carbocycles. The second kappa shape index (κ2) is 6.17. The van der Waals surface area contributed by atoms with E-state index in [1.807, 2.05) is 54.6 Å². The third kappa shape index (κ3) is 3.43. The van der Waals surface area contributed by atoms with E-state index in [-0.39, 0.29) is 8.46 Å². The van der Waals surface area contributed by atoms with Gasteiger partial charge in [0, 0.05) is 17.5 Å². The van der Waals surface area contributed by atoms with Gasteiger partial charge in [-0.15, -0.1) is 0 Å². The van der Waals surface area contributed by atoms with Gasteiger partial charge in [0.25, 0.3) is 0 Å². The molecule has 0 bridgehead atoms. The van der Waals surface area contributed by atoms with Crippen LogP contribution >= 0.6 is 8.46 Å². The second-order valence-electron chi connectivity index (χ2n) is 4.18. The summed E-state index contributed by atoms with van der Waals surface area (Å²) in [6.45, 7) is 0. The van der Waals surface area contributed by atoms with Crippen LogP contribution in [0.2, 0.25) is 0 Å². The standard InChI is InChI=1S/C15H15N2OP/c16-13-5-1-3-11(9-13)15(7-8-19-18)12-4-2-6-14(17)10-12/h1-7,9-10H,8,16-17H2. The monoisotopic (exact) mass is 270 g/mol. The number of rotatable bonds is 4. The Labute approximate surface area is 114 Å². The van der Waals surface area contributed by atoms with Crippen LogP contribution in [-0.4, -0.2) is 6.16 Å². The maximum absolute atomic E-state index is 10.7. The number of hydrogen-bond donors (Lipinski definition) is 2. The summed E-state index contributed by atoms with van der Waals surface area (Å²) in [5.41, 5.74) is 16.0. The number of nitrogens with two attached hydrogens (primary N) is 2. The fourth-order valence-corrected chi connectivity index (χ4v) is 2.20. The lowest BCUT2D eigenvalue weighted by Gasteiger charge is -2.09. The summed E-state index contributed by atoms with van der Waals surface area (Å²) in [6.07, 6.45) is 2.39. The molecule has 0 amide bonds. The van der Waals surface area contributed by atoms with Gasteiger partial charge in [-0.3, -0.25) is 4.57 Å². The molecule has 4 N–H and O–H groups in total. The molecule has 0 radical (unpaired) electrons. The Morgan fingerprint density at radius 2 is 1.53 bits per heavy atom. The SMILES string of the molecule is Nc1cccc(C(=CCP=O)c2cccc(N)c2)c1. The van der Waals surface area contributed by atoms with Crippen LogP contribution in [0.1, 0.15) is 11.1 Å².